The maximum absolute atomic E-state index is 13.3. The minimum Gasteiger partial charge on any atom is -0.454 e. The number of nitrogens with zero attached hydrogens (tertiary/aromatic N) is 2. The molecule has 3 rings (SSSR count). The molecule has 0 aliphatic heterocycles. The van der Waals surface area contributed by atoms with E-state index in [9.17, 15) is 22.8 Å². The number of aromatic nitrogens is 2. The highest BCUT2D eigenvalue weighted by Crippen LogP contribution is 2.31. The van der Waals surface area contributed by atoms with Gasteiger partial charge in [0.05, 0.1) is 11.0 Å². The van der Waals surface area contributed by atoms with Crippen LogP contribution in [0.5, 0.6) is 0 Å². The first kappa shape index (κ1) is 20.4. The molecule has 0 fully saturated rings. The van der Waals surface area contributed by atoms with E-state index in [4.69, 9.17) is 4.74 Å². The number of imidazole rings is 1. The summed E-state index contributed by atoms with van der Waals surface area (Å²) in [7, 11) is 0. The second-order valence-electron chi connectivity index (χ2n) is 6.59. The number of fused-ring (bicyclic) bond motifs is 1. The Balaban J connectivity index is 1.67. The van der Waals surface area contributed by atoms with Crippen molar-refractivity contribution in [3.05, 3.63) is 59.4 Å². The van der Waals surface area contributed by atoms with E-state index >= 15 is 0 Å². The van der Waals surface area contributed by atoms with Crippen molar-refractivity contribution in [1.82, 2.24) is 9.55 Å². The second-order valence-corrected chi connectivity index (χ2v) is 6.59. The lowest BCUT2D eigenvalue weighted by Crippen LogP contribution is -2.25. The lowest BCUT2D eigenvalue weighted by atomic mass is 10.1. The Morgan fingerprint density at radius 1 is 1.10 bits per heavy atom. The van der Waals surface area contributed by atoms with Crippen LogP contribution >= 0.6 is 0 Å². The highest BCUT2D eigenvalue weighted by Gasteiger charge is 2.38. The van der Waals surface area contributed by atoms with Crippen molar-refractivity contribution in [1.29, 1.82) is 0 Å². The molecule has 1 heterocycles. The van der Waals surface area contributed by atoms with Gasteiger partial charge >= 0.3 is 12.1 Å². The molecule has 9 heteroatoms. The molecule has 0 spiro atoms. The number of para-hydroxylation sites is 2. The number of aryl methyl sites for hydroxylation is 2. The largest absolute Gasteiger partial charge is 0.454 e. The topological polar surface area (TPSA) is 73.2 Å². The molecule has 0 aliphatic carbocycles. The summed E-state index contributed by atoms with van der Waals surface area (Å²) < 4.78 is 45.4. The van der Waals surface area contributed by atoms with Crippen LogP contribution in [0.25, 0.3) is 11.0 Å². The number of ether oxygens (including phenoxy) is 1. The smallest absolute Gasteiger partial charge is 0.449 e. The number of rotatable bonds is 5. The molecule has 0 bridgehead atoms. The van der Waals surface area contributed by atoms with Crippen LogP contribution in [-0.4, -0.2) is 28.0 Å². The van der Waals surface area contributed by atoms with E-state index in [1.165, 1.54) is 12.1 Å². The quantitative estimate of drug-likeness (QED) is 0.655. The molecule has 6 nitrogen and oxygen atoms in total. The zero-order chi connectivity index (χ0) is 21.2. The summed E-state index contributed by atoms with van der Waals surface area (Å²) >= 11 is 0. The number of amides is 1. The highest BCUT2D eigenvalue weighted by molar-refractivity contribution is 5.93. The lowest BCUT2D eigenvalue weighted by molar-refractivity contribution is -0.152. The first-order chi connectivity index (χ1) is 13.6. The van der Waals surface area contributed by atoms with Crippen LogP contribution in [0.1, 0.15) is 17.0 Å². The van der Waals surface area contributed by atoms with Gasteiger partial charge in [-0.05, 0) is 49.2 Å². The molecular weight excluding hydrogens is 387 g/mol. The number of hydrogen-bond donors (Lipinski definition) is 1. The minimum atomic E-state index is -4.74. The van der Waals surface area contributed by atoms with Crippen LogP contribution in [0.15, 0.2) is 42.5 Å². The predicted molar refractivity (Wildman–Crippen MR) is 100 cm³/mol. The fourth-order valence-electron chi connectivity index (χ4n) is 3.02. The summed E-state index contributed by atoms with van der Waals surface area (Å²) in [6.07, 6.45) is -4.74. The normalized spacial score (nSPS) is 11.5. The number of anilines is 1. The average molecular weight is 405 g/mol. The van der Waals surface area contributed by atoms with E-state index in [-0.39, 0.29) is 11.0 Å². The molecule has 29 heavy (non-hydrogen) atoms. The van der Waals surface area contributed by atoms with Crippen LogP contribution < -0.4 is 5.32 Å². The third-order valence-corrected chi connectivity index (χ3v) is 4.07. The van der Waals surface area contributed by atoms with E-state index in [1.807, 2.05) is 19.9 Å². The summed E-state index contributed by atoms with van der Waals surface area (Å²) in [6, 6.07) is 11.4. The number of nitrogens with one attached hydrogen (secondary N) is 1. The van der Waals surface area contributed by atoms with Gasteiger partial charge in [0.2, 0.25) is 5.82 Å². The van der Waals surface area contributed by atoms with E-state index in [0.717, 1.165) is 15.7 Å². The van der Waals surface area contributed by atoms with E-state index < -0.39 is 37.0 Å². The van der Waals surface area contributed by atoms with E-state index in [2.05, 4.69) is 10.3 Å². The van der Waals surface area contributed by atoms with Gasteiger partial charge in [0, 0.05) is 5.69 Å². The van der Waals surface area contributed by atoms with Crippen molar-refractivity contribution in [2.75, 3.05) is 11.9 Å². The predicted octanol–water partition coefficient (Wildman–Crippen LogP) is 3.85. The molecular formula is C20H18F3N3O3. The number of hydrogen-bond acceptors (Lipinski definition) is 4. The van der Waals surface area contributed by atoms with Crippen molar-refractivity contribution >= 4 is 28.6 Å². The van der Waals surface area contributed by atoms with Gasteiger partial charge in [-0.15, -0.1) is 0 Å². The van der Waals surface area contributed by atoms with Gasteiger partial charge in [-0.2, -0.15) is 13.2 Å². The number of carbonyl (C=O) groups excluding carboxylic acids is 2. The van der Waals surface area contributed by atoms with Crippen molar-refractivity contribution in [3.63, 3.8) is 0 Å². The Morgan fingerprint density at radius 3 is 2.41 bits per heavy atom. The molecule has 2 aromatic carbocycles. The second kappa shape index (κ2) is 7.94. The molecule has 152 valence electrons. The fraction of sp³-hybridized carbons (Fsp3) is 0.250. The van der Waals surface area contributed by atoms with Crippen LogP contribution in [-0.2, 0) is 27.0 Å². The van der Waals surface area contributed by atoms with Gasteiger partial charge in [-0.25, -0.2) is 4.98 Å². The minimum absolute atomic E-state index is 0.111. The van der Waals surface area contributed by atoms with Crippen LogP contribution in [0, 0.1) is 13.8 Å². The zero-order valence-corrected chi connectivity index (χ0v) is 15.7. The summed E-state index contributed by atoms with van der Waals surface area (Å²) in [5, 5.41) is 2.59. The monoisotopic (exact) mass is 405 g/mol. The lowest BCUT2D eigenvalue weighted by Gasteiger charge is -2.11. The maximum Gasteiger partial charge on any atom is 0.449 e. The highest BCUT2D eigenvalue weighted by atomic mass is 19.4. The molecule has 0 aliphatic rings. The first-order valence-electron chi connectivity index (χ1n) is 8.70. The zero-order valence-electron chi connectivity index (χ0n) is 15.7. The summed E-state index contributed by atoms with van der Waals surface area (Å²) in [5.74, 6) is -2.76. The average Bonchev–Trinajstić information content (AvgIpc) is 2.98. The third kappa shape index (κ3) is 4.92. The van der Waals surface area contributed by atoms with Crippen LogP contribution in [0.2, 0.25) is 0 Å². The third-order valence-electron chi connectivity index (χ3n) is 4.07. The number of halogens is 3. The van der Waals surface area contributed by atoms with Gasteiger partial charge in [-0.1, -0.05) is 18.2 Å². The molecule has 0 unspecified atom stereocenters. The first-order valence-corrected chi connectivity index (χ1v) is 8.70. The standard InChI is InChI=1S/C20H18F3N3O3/c1-12-7-13(2)9-14(8-12)24-17(27)11-29-18(28)10-26-16-6-4-3-5-15(16)25-19(26)20(21,22)23/h3-9H,10-11H2,1-2H3,(H,24,27). The van der Waals surface area contributed by atoms with Gasteiger partial charge in [-0.3, -0.25) is 9.59 Å². The summed E-state index contributed by atoms with van der Waals surface area (Å²) in [5.41, 5.74) is 2.70. The van der Waals surface area contributed by atoms with Crippen LogP contribution in [0.3, 0.4) is 0 Å². The Bertz CT molecular complexity index is 1050. The molecule has 1 N–H and O–H groups in total. The number of carbonyl (C=O) groups is 2. The van der Waals surface area contributed by atoms with Gasteiger partial charge < -0.3 is 14.6 Å². The molecule has 0 atom stereocenters. The van der Waals surface area contributed by atoms with Gasteiger partial charge in [0.1, 0.15) is 6.54 Å². The molecule has 0 saturated carbocycles. The summed E-state index contributed by atoms with van der Waals surface area (Å²) in [4.78, 5) is 27.6. The van der Waals surface area contributed by atoms with Crippen molar-refractivity contribution in [3.8, 4) is 0 Å². The Kier molecular flexibility index (Phi) is 5.58. The van der Waals surface area contributed by atoms with Gasteiger partial charge in [0.15, 0.2) is 6.61 Å². The Morgan fingerprint density at radius 2 is 1.76 bits per heavy atom. The molecule has 3 aromatic rings. The number of benzene rings is 2. The van der Waals surface area contributed by atoms with Crippen molar-refractivity contribution in [2.24, 2.45) is 0 Å². The van der Waals surface area contributed by atoms with Gasteiger partial charge in [0.25, 0.3) is 5.91 Å². The number of esters is 1. The molecule has 0 radical (unpaired) electrons. The van der Waals surface area contributed by atoms with Crippen LogP contribution in [0.4, 0.5) is 18.9 Å². The van der Waals surface area contributed by atoms with Crippen molar-refractivity contribution < 1.29 is 27.5 Å². The number of alkyl halides is 3. The molecule has 1 amide bonds. The van der Waals surface area contributed by atoms with E-state index in [0.29, 0.717) is 5.69 Å². The fourth-order valence-corrected chi connectivity index (χ4v) is 3.02. The molecule has 1 aromatic heterocycles. The van der Waals surface area contributed by atoms with Crippen molar-refractivity contribution in [2.45, 2.75) is 26.6 Å². The SMILES string of the molecule is Cc1cc(C)cc(NC(=O)COC(=O)Cn2c(C(F)(F)F)nc3ccccc32)c1. The molecule has 0 saturated heterocycles. The summed E-state index contributed by atoms with van der Waals surface area (Å²) in [6.45, 7) is 2.42. The van der Waals surface area contributed by atoms with E-state index in [1.54, 1.807) is 24.3 Å². The Hall–Kier alpha value is -3.36. The Labute approximate surface area is 164 Å². The maximum atomic E-state index is 13.3.